The van der Waals surface area contributed by atoms with E-state index in [0.717, 1.165) is 37.0 Å². The topological polar surface area (TPSA) is 61.3 Å². The maximum absolute atomic E-state index is 9.05. The summed E-state index contributed by atoms with van der Waals surface area (Å²) in [7, 11) is 1.87. The highest BCUT2D eigenvalue weighted by atomic mass is 16.3. The molecule has 0 aromatic carbocycles. The van der Waals surface area contributed by atoms with Gasteiger partial charge in [-0.1, -0.05) is 0 Å². The van der Waals surface area contributed by atoms with Crippen LogP contribution in [0, 0.1) is 12.8 Å². The molecular weight excluding hydrogens is 228 g/mol. The molecule has 18 heavy (non-hydrogen) atoms. The van der Waals surface area contributed by atoms with Gasteiger partial charge < -0.3 is 15.3 Å². The predicted molar refractivity (Wildman–Crippen MR) is 73.0 cm³/mol. The van der Waals surface area contributed by atoms with Crippen LogP contribution in [0.5, 0.6) is 0 Å². The van der Waals surface area contributed by atoms with E-state index >= 15 is 0 Å². The number of aliphatic hydroxyl groups excluding tert-OH is 1. The van der Waals surface area contributed by atoms with E-state index in [0.29, 0.717) is 5.92 Å². The minimum atomic E-state index is 0.281. The van der Waals surface area contributed by atoms with Crippen molar-refractivity contribution in [3.05, 3.63) is 11.9 Å². The zero-order valence-electron chi connectivity index (χ0n) is 11.2. The fourth-order valence-corrected chi connectivity index (χ4v) is 2.53. The summed E-state index contributed by atoms with van der Waals surface area (Å²) in [6, 6.07) is 1.99. The second kappa shape index (κ2) is 6.00. The SMILES string of the molecule is CNc1cc(N2CCCC(CCO)C2)nc(C)n1. The number of rotatable bonds is 4. The van der Waals surface area contributed by atoms with Crippen molar-refractivity contribution in [2.24, 2.45) is 5.92 Å². The number of aryl methyl sites for hydroxylation is 1. The maximum Gasteiger partial charge on any atom is 0.134 e. The first kappa shape index (κ1) is 13.1. The van der Waals surface area contributed by atoms with E-state index in [1.807, 2.05) is 20.0 Å². The molecule has 1 saturated heterocycles. The van der Waals surface area contributed by atoms with Gasteiger partial charge in [-0.2, -0.15) is 0 Å². The van der Waals surface area contributed by atoms with Crippen molar-refractivity contribution >= 4 is 11.6 Å². The molecule has 2 heterocycles. The standard InChI is InChI=1S/C13H22N4O/c1-10-15-12(14-2)8-13(16-10)17-6-3-4-11(9-17)5-7-18/h8,11,18H,3-7,9H2,1-2H3,(H,14,15,16). The highest BCUT2D eigenvalue weighted by molar-refractivity contribution is 5.49. The molecule has 0 radical (unpaired) electrons. The Kier molecular flexibility index (Phi) is 4.36. The number of nitrogens with one attached hydrogen (secondary N) is 1. The van der Waals surface area contributed by atoms with Crippen LogP contribution in [0.25, 0.3) is 0 Å². The molecule has 2 rings (SSSR count). The van der Waals surface area contributed by atoms with E-state index in [9.17, 15) is 0 Å². The van der Waals surface area contributed by atoms with Crippen LogP contribution >= 0.6 is 0 Å². The Labute approximate surface area is 108 Å². The van der Waals surface area contributed by atoms with E-state index in [2.05, 4.69) is 20.2 Å². The summed E-state index contributed by atoms with van der Waals surface area (Å²) in [5.41, 5.74) is 0. The Morgan fingerprint density at radius 1 is 1.50 bits per heavy atom. The van der Waals surface area contributed by atoms with Crippen molar-refractivity contribution in [2.45, 2.75) is 26.2 Å². The van der Waals surface area contributed by atoms with Crippen molar-refractivity contribution in [2.75, 3.05) is 37.0 Å². The normalized spacial score (nSPS) is 19.9. The molecule has 1 unspecified atom stereocenters. The molecule has 5 heteroatoms. The average molecular weight is 250 g/mol. The second-order valence-electron chi connectivity index (χ2n) is 4.88. The molecule has 0 spiro atoms. The molecule has 0 saturated carbocycles. The van der Waals surface area contributed by atoms with E-state index in [-0.39, 0.29) is 6.61 Å². The average Bonchev–Trinajstić information content (AvgIpc) is 2.39. The molecule has 0 bridgehead atoms. The first-order valence-corrected chi connectivity index (χ1v) is 6.62. The van der Waals surface area contributed by atoms with Gasteiger partial charge in [0.15, 0.2) is 0 Å². The van der Waals surface area contributed by atoms with Crippen LogP contribution in [0.1, 0.15) is 25.1 Å². The molecule has 0 amide bonds. The lowest BCUT2D eigenvalue weighted by Gasteiger charge is -2.33. The van der Waals surface area contributed by atoms with Crippen LogP contribution in [-0.4, -0.2) is 41.8 Å². The molecule has 1 aromatic rings. The fraction of sp³-hybridized carbons (Fsp3) is 0.692. The van der Waals surface area contributed by atoms with Crippen molar-refractivity contribution < 1.29 is 5.11 Å². The van der Waals surface area contributed by atoms with Gasteiger partial charge in [0.2, 0.25) is 0 Å². The summed E-state index contributed by atoms with van der Waals surface area (Å²) in [5.74, 6) is 3.23. The third-order valence-electron chi connectivity index (χ3n) is 3.46. The highest BCUT2D eigenvalue weighted by Crippen LogP contribution is 2.24. The summed E-state index contributed by atoms with van der Waals surface area (Å²) in [4.78, 5) is 11.1. The van der Waals surface area contributed by atoms with E-state index in [4.69, 9.17) is 5.11 Å². The minimum absolute atomic E-state index is 0.281. The zero-order valence-corrected chi connectivity index (χ0v) is 11.2. The van der Waals surface area contributed by atoms with Gasteiger partial charge >= 0.3 is 0 Å². The van der Waals surface area contributed by atoms with Crippen molar-refractivity contribution in [3.63, 3.8) is 0 Å². The number of aliphatic hydroxyl groups is 1. The van der Waals surface area contributed by atoms with Gasteiger partial charge in [0.05, 0.1) is 0 Å². The Morgan fingerprint density at radius 3 is 3.06 bits per heavy atom. The Morgan fingerprint density at radius 2 is 2.33 bits per heavy atom. The largest absolute Gasteiger partial charge is 0.396 e. The van der Waals surface area contributed by atoms with Crippen LogP contribution in [0.15, 0.2) is 6.07 Å². The first-order valence-electron chi connectivity index (χ1n) is 6.62. The molecule has 0 aliphatic carbocycles. The van der Waals surface area contributed by atoms with Crippen LogP contribution in [-0.2, 0) is 0 Å². The lowest BCUT2D eigenvalue weighted by atomic mass is 9.95. The van der Waals surface area contributed by atoms with Gasteiger partial charge in [-0.3, -0.25) is 0 Å². The predicted octanol–water partition coefficient (Wildman–Crippen LogP) is 1.43. The molecule has 5 nitrogen and oxygen atoms in total. The van der Waals surface area contributed by atoms with Crippen LogP contribution in [0.3, 0.4) is 0 Å². The molecule has 1 aliphatic rings. The van der Waals surface area contributed by atoms with Gasteiger partial charge in [0, 0.05) is 32.8 Å². The van der Waals surface area contributed by atoms with Gasteiger partial charge in [0.25, 0.3) is 0 Å². The zero-order chi connectivity index (χ0) is 13.0. The number of hydrogen-bond donors (Lipinski definition) is 2. The summed E-state index contributed by atoms with van der Waals surface area (Å²) in [6.07, 6.45) is 3.27. The third kappa shape index (κ3) is 3.10. The lowest BCUT2D eigenvalue weighted by molar-refractivity contribution is 0.244. The molecule has 1 aromatic heterocycles. The van der Waals surface area contributed by atoms with E-state index in [1.165, 1.54) is 12.8 Å². The lowest BCUT2D eigenvalue weighted by Crippen LogP contribution is -2.36. The van der Waals surface area contributed by atoms with Crippen LogP contribution < -0.4 is 10.2 Å². The quantitative estimate of drug-likeness (QED) is 0.846. The number of aromatic nitrogens is 2. The number of anilines is 2. The summed E-state index contributed by atoms with van der Waals surface area (Å²) < 4.78 is 0. The van der Waals surface area contributed by atoms with Crippen LogP contribution in [0.2, 0.25) is 0 Å². The van der Waals surface area contributed by atoms with Gasteiger partial charge in [0.1, 0.15) is 17.5 Å². The molecule has 2 N–H and O–H groups in total. The smallest absolute Gasteiger partial charge is 0.134 e. The number of hydrogen-bond acceptors (Lipinski definition) is 5. The van der Waals surface area contributed by atoms with E-state index in [1.54, 1.807) is 0 Å². The second-order valence-corrected chi connectivity index (χ2v) is 4.88. The number of piperidine rings is 1. The Hall–Kier alpha value is -1.36. The fourth-order valence-electron chi connectivity index (χ4n) is 2.53. The Balaban J connectivity index is 2.12. The Bertz CT molecular complexity index is 395. The van der Waals surface area contributed by atoms with Crippen molar-refractivity contribution in [1.29, 1.82) is 0 Å². The molecule has 1 fully saturated rings. The number of nitrogens with zero attached hydrogens (tertiary/aromatic N) is 3. The first-order chi connectivity index (χ1) is 8.72. The van der Waals surface area contributed by atoms with E-state index < -0.39 is 0 Å². The van der Waals surface area contributed by atoms with Gasteiger partial charge in [-0.05, 0) is 32.1 Å². The van der Waals surface area contributed by atoms with Crippen LogP contribution in [0.4, 0.5) is 11.6 Å². The maximum atomic E-state index is 9.05. The molecule has 1 aliphatic heterocycles. The molecule has 100 valence electrons. The monoisotopic (exact) mass is 250 g/mol. The summed E-state index contributed by atoms with van der Waals surface area (Å²) >= 11 is 0. The third-order valence-corrected chi connectivity index (χ3v) is 3.46. The van der Waals surface area contributed by atoms with Gasteiger partial charge in [-0.15, -0.1) is 0 Å². The summed E-state index contributed by atoms with van der Waals surface area (Å²) in [6.45, 7) is 4.23. The molecule has 1 atom stereocenters. The van der Waals surface area contributed by atoms with Crippen molar-refractivity contribution in [3.8, 4) is 0 Å². The minimum Gasteiger partial charge on any atom is -0.396 e. The summed E-state index contributed by atoms with van der Waals surface area (Å²) in [5, 5.41) is 12.1. The highest BCUT2D eigenvalue weighted by Gasteiger charge is 2.21. The van der Waals surface area contributed by atoms with Crippen molar-refractivity contribution in [1.82, 2.24) is 9.97 Å². The van der Waals surface area contributed by atoms with Gasteiger partial charge in [-0.25, -0.2) is 9.97 Å². The molecular formula is C13H22N4O.